The fourth-order valence-corrected chi connectivity index (χ4v) is 3.80. The molecular weight excluding hydrogens is 555 g/mol. The van der Waals surface area contributed by atoms with E-state index in [4.69, 9.17) is 5.73 Å². The van der Waals surface area contributed by atoms with Crippen molar-refractivity contribution in [2.75, 3.05) is 5.73 Å². The van der Waals surface area contributed by atoms with Crippen LogP contribution in [0.3, 0.4) is 0 Å². The van der Waals surface area contributed by atoms with Gasteiger partial charge in [0.1, 0.15) is 0 Å². The lowest BCUT2D eigenvalue weighted by atomic mass is 9.82. The Balaban J connectivity index is -0.000000106. The summed E-state index contributed by atoms with van der Waals surface area (Å²) in [4.78, 5) is 0. The maximum Gasteiger partial charge on any atom is 0.0313 e. The van der Waals surface area contributed by atoms with Crippen LogP contribution in [0.4, 0.5) is 5.69 Å². The average molecular weight is 640 g/mol. The Bertz CT molecular complexity index is 856. The van der Waals surface area contributed by atoms with Crippen LogP contribution in [0.15, 0.2) is 91.0 Å². The van der Waals surface area contributed by atoms with Crippen LogP contribution in [0, 0.1) is 10.8 Å². The van der Waals surface area contributed by atoms with E-state index in [1.807, 2.05) is 136 Å². The second kappa shape index (κ2) is 33.8. The van der Waals surface area contributed by atoms with Crippen molar-refractivity contribution in [2.45, 2.75) is 170 Å². The summed E-state index contributed by atoms with van der Waals surface area (Å²) in [6, 6.07) is 30.4. The molecule has 4 rings (SSSR count). The Morgan fingerprint density at radius 1 is 0.391 bits per heavy atom. The molecule has 0 radical (unpaired) electrons. The molecule has 0 saturated carbocycles. The molecule has 46 heavy (non-hydrogen) atoms. The van der Waals surface area contributed by atoms with Gasteiger partial charge in [0.25, 0.3) is 0 Å². The van der Waals surface area contributed by atoms with Gasteiger partial charge in [-0.3, -0.25) is 0 Å². The van der Waals surface area contributed by atoms with E-state index in [-0.39, 0.29) is 0 Å². The summed E-state index contributed by atoms with van der Waals surface area (Å²) in [7, 11) is 0. The van der Waals surface area contributed by atoms with Crippen LogP contribution in [-0.4, -0.2) is 0 Å². The van der Waals surface area contributed by atoms with Crippen LogP contribution in [-0.2, 0) is 10.8 Å². The zero-order valence-electron chi connectivity index (χ0n) is 35.4. The molecule has 1 aliphatic carbocycles. The summed E-state index contributed by atoms with van der Waals surface area (Å²) >= 11 is 0. The Labute approximate surface area is 293 Å². The highest BCUT2D eigenvalue weighted by molar-refractivity contribution is 5.44. The van der Waals surface area contributed by atoms with Gasteiger partial charge in [0.2, 0.25) is 0 Å². The maximum atomic E-state index is 5.36. The van der Waals surface area contributed by atoms with E-state index in [1.165, 1.54) is 6.42 Å². The van der Waals surface area contributed by atoms with Gasteiger partial charge in [-0.25, -0.2) is 0 Å². The molecule has 0 unspecified atom stereocenters. The third-order valence-electron chi connectivity index (χ3n) is 4.74. The van der Waals surface area contributed by atoms with Crippen LogP contribution >= 0.6 is 0 Å². The maximum absolute atomic E-state index is 5.36. The molecular formula is C45H85N. The third-order valence-corrected chi connectivity index (χ3v) is 4.74. The first-order valence-corrected chi connectivity index (χ1v) is 18.2. The van der Waals surface area contributed by atoms with Crippen molar-refractivity contribution < 1.29 is 0 Å². The first kappa shape index (κ1) is 55.8. The molecule has 0 fully saturated rings. The predicted molar refractivity (Wildman–Crippen MR) is 221 cm³/mol. The fourth-order valence-electron chi connectivity index (χ4n) is 3.80. The summed E-state index contributed by atoms with van der Waals surface area (Å²) in [6.45, 7) is 46.9. The highest BCUT2D eigenvalue weighted by atomic mass is 14.5. The van der Waals surface area contributed by atoms with Crippen molar-refractivity contribution in [3.8, 4) is 0 Å². The zero-order valence-corrected chi connectivity index (χ0v) is 35.4. The van der Waals surface area contributed by atoms with E-state index >= 15 is 0 Å². The molecule has 3 aromatic carbocycles. The van der Waals surface area contributed by atoms with Gasteiger partial charge in [-0.1, -0.05) is 231 Å². The minimum Gasteiger partial charge on any atom is -0.399 e. The second-order valence-electron chi connectivity index (χ2n) is 14.1. The quantitative estimate of drug-likeness (QED) is 0.243. The Morgan fingerprint density at radius 3 is 0.739 bits per heavy atom. The summed E-state index contributed by atoms with van der Waals surface area (Å²) in [6.07, 6.45) is 1.26. The highest BCUT2D eigenvalue weighted by Crippen LogP contribution is 2.48. The molecule has 2 N–H and O–H groups in total. The van der Waals surface area contributed by atoms with Crippen LogP contribution < -0.4 is 5.73 Å². The molecule has 0 aromatic heterocycles. The van der Waals surface area contributed by atoms with Crippen molar-refractivity contribution in [1.82, 2.24) is 0 Å². The molecule has 1 nitrogen and oxygen atoms in total. The van der Waals surface area contributed by atoms with Crippen molar-refractivity contribution in [1.29, 1.82) is 0 Å². The van der Waals surface area contributed by atoms with Crippen molar-refractivity contribution >= 4 is 5.69 Å². The van der Waals surface area contributed by atoms with E-state index in [2.05, 4.69) is 107 Å². The SMILES string of the molecule is CC.CC.CC.CC.CC.CC(C)(C)C.CC(C)(C)C.CC1(C)CC(C)(C)c2ccccc21.Nc1ccccc1.c1ccccc1. The van der Waals surface area contributed by atoms with Crippen molar-refractivity contribution in [3.05, 3.63) is 102 Å². The van der Waals surface area contributed by atoms with Gasteiger partial charge in [0.05, 0.1) is 0 Å². The van der Waals surface area contributed by atoms with Crippen molar-refractivity contribution in [2.24, 2.45) is 10.8 Å². The number of rotatable bonds is 0. The van der Waals surface area contributed by atoms with Crippen molar-refractivity contribution in [3.63, 3.8) is 0 Å². The molecule has 0 aliphatic heterocycles. The number of benzene rings is 3. The Kier molecular flexibility index (Phi) is 41.0. The smallest absolute Gasteiger partial charge is 0.0313 e. The van der Waals surface area contributed by atoms with Gasteiger partial charge in [0.15, 0.2) is 0 Å². The van der Waals surface area contributed by atoms with Gasteiger partial charge < -0.3 is 5.73 Å². The van der Waals surface area contributed by atoms with Gasteiger partial charge >= 0.3 is 0 Å². The van der Waals surface area contributed by atoms with E-state index < -0.39 is 0 Å². The molecule has 0 saturated heterocycles. The molecule has 0 atom stereocenters. The van der Waals surface area contributed by atoms with Crippen LogP contribution in [0.1, 0.15) is 170 Å². The van der Waals surface area contributed by atoms with E-state index in [9.17, 15) is 0 Å². The van der Waals surface area contributed by atoms with Crippen LogP contribution in [0.25, 0.3) is 0 Å². The lowest BCUT2D eigenvalue weighted by Crippen LogP contribution is -2.17. The number of hydrogen-bond acceptors (Lipinski definition) is 1. The molecule has 0 spiro atoms. The molecule has 0 heterocycles. The monoisotopic (exact) mass is 640 g/mol. The zero-order chi connectivity index (χ0) is 38.0. The first-order valence-electron chi connectivity index (χ1n) is 18.2. The van der Waals surface area contributed by atoms with E-state index in [0.29, 0.717) is 21.7 Å². The van der Waals surface area contributed by atoms with E-state index in [0.717, 1.165) is 5.69 Å². The summed E-state index contributed by atoms with van der Waals surface area (Å²) in [5.74, 6) is 0. The minimum absolute atomic E-state index is 0.361. The summed E-state index contributed by atoms with van der Waals surface area (Å²) in [5.41, 5.74) is 11.0. The number of nitrogens with two attached hydrogens (primary N) is 1. The summed E-state index contributed by atoms with van der Waals surface area (Å²) in [5, 5.41) is 0. The van der Waals surface area contributed by atoms with Gasteiger partial charge in [-0.15, -0.1) is 0 Å². The summed E-state index contributed by atoms with van der Waals surface area (Å²) < 4.78 is 0. The fraction of sp³-hybridized carbons (Fsp3) is 0.600. The van der Waals surface area contributed by atoms with Crippen LogP contribution in [0.5, 0.6) is 0 Å². The molecule has 270 valence electrons. The molecule has 1 aliphatic rings. The average Bonchev–Trinajstić information content (AvgIpc) is 3.21. The number of hydrogen-bond donors (Lipinski definition) is 1. The second-order valence-corrected chi connectivity index (χ2v) is 14.1. The molecule has 3 aromatic rings. The molecule has 0 amide bonds. The highest BCUT2D eigenvalue weighted by Gasteiger charge is 2.41. The lowest BCUT2D eigenvalue weighted by Gasteiger charge is -2.22. The Morgan fingerprint density at radius 2 is 0.565 bits per heavy atom. The van der Waals surface area contributed by atoms with E-state index in [1.54, 1.807) is 11.1 Å². The number of para-hydroxylation sites is 1. The largest absolute Gasteiger partial charge is 0.399 e. The Hall–Kier alpha value is -2.54. The number of anilines is 1. The standard InChI is InChI=1S/C13H18.C6H7N.C6H6.2C5H12.5C2H6/c1-12(2)9-13(3,4)11-8-6-5-7-10(11)12;7-6-4-2-1-3-5-6;1-2-4-6-5-3-1;2*1-5(2,3)4;5*1-2/h5-8H,9H2,1-4H3;1-5H,7H2;1-6H;2*1-4H3;5*1-2H3. The lowest BCUT2D eigenvalue weighted by molar-refractivity contribution is 0.403. The molecule has 1 heteroatoms. The number of nitrogen functional groups attached to an aromatic ring is 1. The topological polar surface area (TPSA) is 26.0 Å². The van der Waals surface area contributed by atoms with Gasteiger partial charge in [0, 0.05) is 5.69 Å². The van der Waals surface area contributed by atoms with Gasteiger partial charge in [-0.05, 0) is 51.3 Å². The molecule has 0 bridgehead atoms. The van der Waals surface area contributed by atoms with Gasteiger partial charge in [-0.2, -0.15) is 0 Å². The predicted octanol–water partition coefficient (Wildman–Crippen LogP) is 15.8. The third kappa shape index (κ3) is 41.5. The normalized spacial score (nSPS) is 12.0. The number of fused-ring (bicyclic) bond motifs is 1. The first-order chi connectivity index (χ1) is 21.3. The minimum atomic E-state index is 0.361. The van der Waals surface area contributed by atoms with Crippen LogP contribution in [0.2, 0.25) is 0 Å².